The van der Waals surface area contributed by atoms with Gasteiger partial charge in [0, 0.05) is 7.05 Å². The average molecular weight is 205 g/mol. The lowest BCUT2D eigenvalue weighted by Crippen LogP contribution is -2.24. The van der Waals surface area contributed by atoms with Crippen LogP contribution in [0.15, 0.2) is 12.1 Å². The fourth-order valence-electron chi connectivity index (χ4n) is 1.75. The molecule has 0 aromatic heterocycles. The zero-order valence-electron chi connectivity index (χ0n) is 7.94. The Morgan fingerprint density at radius 3 is 2.00 bits per heavy atom. The van der Waals surface area contributed by atoms with Crippen LogP contribution in [-0.2, 0) is 0 Å². The van der Waals surface area contributed by atoms with Crippen molar-refractivity contribution >= 4 is 11.8 Å². The van der Waals surface area contributed by atoms with Crippen LogP contribution in [-0.4, -0.2) is 30.6 Å². The number of fused-ring (bicyclic) bond motifs is 2. The van der Waals surface area contributed by atoms with E-state index in [1.165, 1.54) is 7.05 Å². The van der Waals surface area contributed by atoms with Crippen LogP contribution in [0, 0.1) is 0 Å². The lowest BCUT2D eigenvalue weighted by molar-refractivity contribution is 0.0692. The summed E-state index contributed by atoms with van der Waals surface area (Å²) < 4.78 is 10.3. The third-order valence-electron chi connectivity index (χ3n) is 2.58. The Morgan fingerprint density at radius 1 is 1.07 bits per heavy atom. The number of ether oxygens (including phenoxy) is 2. The van der Waals surface area contributed by atoms with Gasteiger partial charge in [-0.3, -0.25) is 14.5 Å². The molecule has 0 unspecified atom stereocenters. The van der Waals surface area contributed by atoms with Crippen LogP contribution in [0.1, 0.15) is 20.7 Å². The second-order valence-electron chi connectivity index (χ2n) is 3.42. The molecule has 0 bridgehead atoms. The first-order valence-electron chi connectivity index (χ1n) is 4.44. The van der Waals surface area contributed by atoms with E-state index in [-0.39, 0.29) is 18.6 Å². The van der Waals surface area contributed by atoms with Gasteiger partial charge in [0.2, 0.25) is 6.79 Å². The highest BCUT2D eigenvalue weighted by molar-refractivity contribution is 6.21. The van der Waals surface area contributed by atoms with Gasteiger partial charge in [-0.1, -0.05) is 0 Å². The van der Waals surface area contributed by atoms with Crippen molar-refractivity contribution < 1.29 is 19.1 Å². The molecule has 0 N–H and O–H groups in total. The quantitative estimate of drug-likeness (QED) is 0.583. The molecule has 1 aromatic rings. The monoisotopic (exact) mass is 205 g/mol. The Hall–Kier alpha value is -2.04. The van der Waals surface area contributed by atoms with Gasteiger partial charge in [0.25, 0.3) is 11.8 Å². The van der Waals surface area contributed by atoms with Crippen molar-refractivity contribution in [3.63, 3.8) is 0 Å². The molecular weight excluding hydrogens is 198 g/mol. The van der Waals surface area contributed by atoms with Gasteiger partial charge in [0.05, 0.1) is 11.1 Å². The largest absolute Gasteiger partial charge is 0.454 e. The highest BCUT2D eigenvalue weighted by Crippen LogP contribution is 2.37. The van der Waals surface area contributed by atoms with Crippen molar-refractivity contribution in [1.82, 2.24) is 4.90 Å². The molecule has 76 valence electrons. The lowest BCUT2D eigenvalue weighted by atomic mass is 10.1. The standard InChI is InChI=1S/C10H7NO4/c1-11-9(12)5-2-7-8(15-4-14-7)3-6(5)10(11)13/h2-3H,4H2,1H3. The highest BCUT2D eigenvalue weighted by atomic mass is 16.7. The number of nitrogens with zero attached hydrogens (tertiary/aromatic N) is 1. The minimum atomic E-state index is -0.298. The van der Waals surface area contributed by atoms with Crippen molar-refractivity contribution in [2.24, 2.45) is 0 Å². The van der Waals surface area contributed by atoms with Crippen molar-refractivity contribution in [2.75, 3.05) is 13.8 Å². The highest BCUT2D eigenvalue weighted by Gasteiger charge is 2.35. The van der Waals surface area contributed by atoms with Gasteiger partial charge in [-0.15, -0.1) is 0 Å². The Morgan fingerprint density at radius 2 is 1.53 bits per heavy atom. The summed E-state index contributed by atoms with van der Waals surface area (Å²) in [6, 6.07) is 3.11. The van der Waals surface area contributed by atoms with E-state index in [1.807, 2.05) is 0 Å². The number of hydrogen-bond acceptors (Lipinski definition) is 4. The van der Waals surface area contributed by atoms with E-state index in [4.69, 9.17) is 9.47 Å². The lowest BCUT2D eigenvalue weighted by Gasteiger charge is -2.02. The summed E-state index contributed by atoms with van der Waals surface area (Å²) in [5.74, 6) is 0.442. The summed E-state index contributed by atoms with van der Waals surface area (Å²) in [5, 5.41) is 0. The number of benzene rings is 1. The first-order valence-corrected chi connectivity index (χ1v) is 4.44. The molecule has 5 nitrogen and oxygen atoms in total. The molecule has 2 heterocycles. The first kappa shape index (κ1) is 8.28. The van der Waals surface area contributed by atoms with E-state index >= 15 is 0 Å². The molecule has 2 amide bonds. The predicted molar refractivity (Wildman–Crippen MR) is 49.0 cm³/mol. The van der Waals surface area contributed by atoms with E-state index in [0.29, 0.717) is 22.6 Å². The molecule has 0 atom stereocenters. The number of carbonyl (C=O) groups excluding carboxylic acids is 2. The van der Waals surface area contributed by atoms with Crippen LogP contribution in [0.3, 0.4) is 0 Å². The van der Waals surface area contributed by atoms with Crippen molar-refractivity contribution in [3.8, 4) is 11.5 Å². The minimum Gasteiger partial charge on any atom is -0.454 e. The molecule has 1 aromatic carbocycles. The van der Waals surface area contributed by atoms with Gasteiger partial charge in [-0.05, 0) is 12.1 Å². The number of amides is 2. The summed E-state index contributed by atoms with van der Waals surface area (Å²) in [6.07, 6.45) is 0. The molecule has 15 heavy (non-hydrogen) atoms. The molecule has 0 saturated heterocycles. The van der Waals surface area contributed by atoms with E-state index in [1.54, 1.807) is 12.1 Å². The average Bonchev–Trinajstić information content (AvgIpc) is 2.77. The Bertz CT molecular complexity index is 451. The van der Waals surface area contributed by atoms with Gasteiger partial charge < -0.3 is 9.47 Å². The van der Waals surface area contributed by atoms with Gasteiger partial charge in [0.1, 0.15) is 0 Å². The summed E-state index contributed by atoms with van der Waals surface area (Å²) >= 11 is 0. The summed E-state index contributed by atoms with van der Waals surface area (Å²) in [6.45, 7) is 0.135. The molecule has 0 saturated carbocycles. The van der Waals surface area contributed by atoms with Crippen LogP contribution in [0.2, 0.25) is 0 Å². The first-order chi connectivity index (χ1) is 7.18. The molecule has 0 radical (unpaired) electrons. The number of imide groups is 1. The Labute approximate surface area is 85.2 Å². The normalized spacial score (nSPS) is 17.3. The van der Waals surface area contributed by atoms with Crippen LogP contribution in [0.4, 0.5) is 0 Å². The Balaban J connectivity index is 2.24. The molecule has 0 fully saturated rings. The minimum absolute atomic E-state index is 0.135. The second-order valence-corrected chi connectivity index (χ2v) is 3.42. The van der Waals surface area contributed by atoms with Crippen molar-refractivity contribution in [3.05, 3.63) is 23.3 Å². The predicted octanol–water partition coefficient (Wildman–Crippen LogP) is 0.641. The topological polar surface area (TPSA) is 55.8 Å². The van der Waals surface area contributed by atoms with Crippen LogP contribution in [0.25, 0.3) is 0 Å². The van der Waals surface area contributed by atoms with Gasteiger partial charge >= 0.3 is 0 Å². The molecule has 2 aliphatic rings. The molecule has 2 aliphatic heterocycles. The van der Waals surface area contributed by atoms with Gasteiger partial charge in [-0.2, -0.15) is 0 Å². The van der Waals surface area contributed by atoms with E-state index in [9.17, 15) is 9.59 Å². The molecular formula is C10H7NO4. The Kier molecular flexibility index (Phi) is 1.38. The fourth-order valence-corrected chi connectivity index (χ4v) is 1.75. The second kappa shape index (κ2) is 2.50. The van der Waals surface area contributed by atoms with Crippen LogP contribution >= 0.6 is 0 Å². The molecule has 5 heteroatoms. The molecule has 0 spiro atoms. The maximum atomic E-state index is 11.6. The smallest absolute Gasteiger partial charge is 0.261 e. The van der Waals surface area contributed by atoms with E-state index in [0.717, 1.165) is 4.90 Å². The molecule has 0 aliphatic carbocycles. The summed E-state index contributed by atoms with van der Waals surface area (Å²) in [7, 11) is 1.46. The SMILES string of the molecule is CN1C(=O)c2cc3c(cc2C1=O)OCO3. The van der Waals surface area contributed by atoms with E-state index in [2.05, 4.69) is 0 Å². The van der Waals surface area contributed by atoms with Gasteiger partial charge in [-0.25, -0.2) is 0 Å². The zero-order chi connectivity index (χ0) is 10.6. The number of rotatable bonds is 0. The summed E-state index contributed by atoms with van der Waals surface area (Å²) in [4.78, 5) is 24.3. The third kappa shape index (κ3) is 0.918. The van der Waals surface area contributed by atoms with Gasteiger partial charge in [0.15, 0.2) is 11.5 Å². The maximum Gasteiger partial charge on any atom is 0.261 e. The van der Waals surface area contributed by atoms with Crippen LogP contribution in [0.5, 0.6) is 11.5 Å². The zero-order valence-corrected chi connectivity index (χ0v) is 7.94. The van der Waals surface area contributed by atoms with Crippen molar-refractivity contribution in [1.29, 1.82) is 0 Å². The van der Waals surface area contributed by atoms with Crippen LogP contribution < -0.4 is 9.47 Å². The van der Waals surface area contributed by atoms with E-state index < -0.39 is 0 Å². The maximum absolute atomic E-state index is 11.6. The van der Waals surface area contributed by atoms with Crippen molar-refractivity contribution in [2.45, 2.75) is 0 Å². The number of hydrogen-bond donors (Lipinski definition) is 0. The fraction of sp³-hybridized carbons (Fsp3) is 0.200. The molecule has 3 rings (SSSR count). The third-order valence-corrected chi connectivity index (χ3v) is 2.58. The number of carbonyl (C=O) groups is 2. The summed E-state index contributed by atoms with van der Waals surface area (Å²) in [5.41, 5.74) is 0.763.